The van der Waals surface area contributed by atoms with Crippen LogP contribution in [0.25, 0.3) is 0 Å². The Morgan fingerprint density at radius 3 is 2.00 bits per heavy atom. The number of carbonyl (C=O) groups is 1. The van der Waals surface area contributed by atoms with Gasteiger partial charge in [-0.15, -0.1) is 0 Å². The number of fused-ring (bicyclic) bond motifs is 10. The van der Waals surface area contributed by atoms with Gasteiger partial charge in [0.1, 0.15) is 0 Å². The average molecular weight is 416 g/mol. The maximum atomic E-state index is 13.0. The zero-order chi connectivity index (χ0) is 17.3. The number of nitrogens with one attached hydrogen (secondary N) is 1. The summed E-state index contributed by atoms with van der Waals surface area (Å²) in [6.45, 7) is -3.23. The fraction of sp³-hybridized carbons (Fsp3) is 0.435. The van der Waals surface area contributed by atoms with E-state index in [1.54, 1.807) is 11.6 Å². The van der Waals surface area contributed by atoms with E-state index in [1.807, 2.05) is 18.2 Å². The molecular formula is C23H18ClFeNO. The molecule has 10 fully saturated rings. The van der Waals surface area contributed by atoms with Gasteiger partial charge in [-0.3, -0.25) is 0 Å². The molecule has 1 spiro atoms. The normalized spacial score (nSPS) is 78.9. The monoisotopic (exact) mass is 415 g/mol. The van der Waals surface area contributed by atoms with E-state index in [0.29, 0.717) is 14.9 Å². The maximum absolute atomic E-state index is 13.0. The summed E-state index contributed by atoms with van der Waals surface area (Å²) in [6.07, 6.45) is 0. The zero-order valence-electron chi connectivity index (χ0n) is 14.5. The minimum absolute atomic E-state index is 0.0558. The van der Waals surface area contributed by atoms with Crippen molar-refractivity contribution >= 4 is 23.2 Å². The van der Waals surface area contributed by atoms with Gasteiger partial charge < -0.3 is 0 Å². The third kappa shape index (κ3) is 0.208. The number of anilines is 1. The molecule has 2 aromatic carbocycles. The Bertz CT molecular complexity index is 1550. The first-order chi connectivity index (χ1) is 12.9. The summed E-state index contributed by atoms with van der Waals surface area (Å²) in [4.78, 5) is 24.5. The van der Waals surface area contributed by atoms with E-state index >= 15 is 0 Å². The molecule has 0 saturated carbocycles. The average Bonchev–Trinajstić information content (AvgIpc) is 3.62. The van der Waals surface area contributed by atoms with Crippen LogP contribution in [0.2, 0.25) is 48.4 Å². The number of para-hydroxylation sites is 1. The van der Waals surface area contributed by atoms with Gasteiger partial charge in [-0.05, 0) is 0 Å². The van der Waals surface area contributed by atoms with E-state index in [0.717, 1.165) is 5.69 Å². The van der Waals surface area contributed by atoms with Crippen molar-refractivity contribution in [1.82, 2.24) is 0 Å². The molecule has 12 rings (SSSR count). The van der Waals surface area contributed by atoms with Crippen molar-refractivity contribution in [3.8, 4) is 0 Å². The van der Waals surface area contributed by atoms with Crippen molar-refractivity contribution in [3.63, 3.8) is 0 Å². The van der Waals surface area contributed by atoms with E-state index in [1.165, 1.54) is 43.3 Å². The third-order valence-electron chi connectivity index (χ3n) is 17.4. The van der Waals surface area contributed by atoms with Crippen LogP contribution in [-0.2, 0) is 10.8 Å². The van der Waals surface area contributed by atoms with E-state index in [-0.39, 0.29) is 5.91 Å². The molecule has 1 N–H and O–H groups in total. The van der Waals surface area contributed by atoms with Crippen molar-refractivity contribution in [2.45, 2.75) is 47.7 Å². The fourth-order valence-electron chi connectivity index (χ4n) is 18.7. The van der Waals surface area contributed by atoms with Crippen molar-refractivity contribution in [2.24, 2.45) is 0 Å². The molecule has 10 aliphatic rings. The van der Waals surface area contributed by atoms with Crippen LogP contribution in [0.1, 0.15) is 15.9 Å². The molecule has 10 heterocycles. The Hall–Kier alpha value is -1.28. The molecule has 0 radical (unpaired) electrons. The van der Waals surface area contributed by atoms with Crippen molar-refractivity contribution in [2.75, 3.05) is 5.32 Å². The van der Waals surface area contributed by atoms with Crippen LogP contribution < -0.4 is 5.32 Å². The molecular weight excluding hydrogens is 398 g/mol. The van der Waals surface area contributed by atoms with Gasteiger partial charge in [0.05, 0.1) is 0 Å². The number of carbonyl (C=O) groups excluding carboxylic acids is 1. The van der Waals surface area contributed by atoms with Crippen LogP contribution in [0.15, 0.2) is 48.5 Å². The van der Waals surface area contributed by atoms with Crippen molar-refractivity contribution in [1.29, 1.82) is 0 Å². The van der Waals surface area contributed by atoms with Gasteiger partial charge >= 0.3 is 152 Å². The van der Waals surface area contributed by atoms with E-state index < -0.39 is 6.51 Å². The summed E-state index contributed by atoms with van der Waals surface area (Å²) in [5, 5.41) is 3.83. The Morgan fingerprint density at radius 2 is 1.44 bits per heavy atom. The van der Waals surface area contributed by atoms with Gasteiger partial charge in [-0.2, -0.15) is 0 Å². The molecule has 10 aliphatic heterocycles. The molecule has 27 heavy (non-hydrogen) atoms. The second kappa shape index (κ2) is 1.37. The Kier molecular flexibility index (Phi) is 0.592. The first-order valence-electron chi connectivity index (χ1n) is 10.3. The molecule has 4 heteroatoms. The second-order valence-corrected chi connectivity index (χ2v) is 37.1. The standard InChI is InChI=1S/C18H13ClNO.C5H5.Fe/c19-16-11-5-3-10-15(16)18(21)20-17-12-6-4-9-14(17)13-7-1-2-8-13;1-2-4-5-3-1;/h1-12H,(H,20,21);1-5H;. The quantitative estimate of drug-likeness (QED) is 0.578. The van der Waals surface area contributed by atoms with Gasteiger partial charge in [-0.1, -0.05) is 0 Å². The minimum atomic E-state index is -3.23. The van der Waals surface area contributed by atoms with Crippen LogP contribution in [0.3, 0.4) is 0 Å². The number of rotatable bonds is 3. The fourth-order valence-corrected chi connectivity index (χ4v) is 93.1. The predicted molar refractivity (Wildman–Crippen MR) is 101 cm³/mol. The molecule has 136 valence electrons. The number of hydrogen-bond acceptors (Lipinski definition) is 1. The second-order valence-electron chi connectivity index (χ2n) is 13.2. The number of hydrogen-bond donors (Lipinski definition) is 1. The van der Waals surface area contributed by atoms with Gasteiger partial charge in [0.25, 0.3) is 0 Å². The third-order valence-corrected chi connectivity index (χ3v) is 60.1. The number of halogens is 1. The van der Waals surface area contributed by atoms with Crippen LogP contribution >= 0.6 is 11.6 Å². The number of benzene rings is 2. The Balaban J connectivity index is 1.12. The first-order valence-corrected chi connectivity index (χ1v) is 17.0. The van der Waals surface area contributed by atoms with E-state index in [4.69, 9.17) is 11.6 Å². The summed E-state index contributed by atoms with van der Waals surface area (Å²) in [5.74, 6) is -0.0558. The summed E-state index contributed by atoms with van der Waals surface area (Å²) < 4.78 is 0.656. The van der Waals surface area contributed by atoms with E-state index in [2.05, 4.69) is 29.6 Å². The van der Waals surface area contributed by atoms with Gasteiger partial charge in [0.2, 0.25) is 0 Å². The van der Waals surface area contributed by atoms with Gasteiger partial charge in [-0.25, -0.2) is 0 Å². The molecule has 4 unspecified atom stereocenters. The summed E-state index contributed by atoms with van der Waals surface area (Å²) in [6, 6.07) is 16.3. The molecule has 0 aliphatic carbocycles. The topological polar surface area (TPSA) is 29.1 Å². The van der Waals surface area contributed by atoms with Crippen LogP contribution in [0, 0.1) is 0 Å². The summed E-state index contributed by atoms with van der Waals surface area (Å²) in [7, 11) is 0. The molecule has 2 aromatic rings. The zero-order valence-corrected chi connectivity index (χ0v) is 16.3. The van der Waals surface area contributed by atoms with Crippen LogP contribution in [-0.4, -0.2) is 5.91 Å². The van der Waals surface area contributed by atoms with Crippen molar-refractivity contribution < 1.29 is 11.3 Å². The molecule has 1 amide bonds. The van der Waals surface area contributed by atoms with Crippen LogP contribution in [0.4, 0.5) is 5.69 Å². The Labute approximate surface area is 152 Å². The summed E-state index contributed by atoms with van der Waals surface area (Å²) >= 11 is 6.29. The molecule has 0 bridgehead atoms. The molecule has 2 nitrogen and oxygen atoms in total. The molecule has 4 atom stereocenters. The van der Waals surface area contributed by atoms with Gasteiger partial charge in [0, 0.05) is 0 Å². The SMILES string of the molecule is O=C(Nc1ccccc1[C]12[CH]3[CH]4[CH]5[CH]1[Fe]45321678[CH]2[CH]1[CH]6[CH]7[CH]28)c1ccccc1Cl. The predicted octanol–water partition coefficient (Wildman–Crippen LogP) is 6.39. The Morgan fingerprint density at radius 1 is 0.852 bits per heavy atom. The van der Waals surface area contributed by atoms with Crippen LogP contribution in [0.5, 0.6) is 0 Å². The molecule has 10 saturated heterocycles. The first kappa shape index (κ1) is 11.7. The van der Waals surface area contributed by atoms with Gasteiger partial charge in [0.15, 0.2) is 0 Å². The number of amides is 1. The van der Waals surface area contributed by atoms with Crippen molar-refractivity contribution in [3.05, 3.63) is 64.7 Å². The molecule has 0 aromatic heterocycles. The summed E-state index contributed by atoms with van der Waals surface area (Å²) in [5.41, 5.74) is 3.27. The van der Waals surface area contributed by atoms with E-state index in [9.17, 15) is 4.79 Å².